The smallest absolute Gasteiger partial charge is 0.234 e. The van der Waals surface area contributed by atoms with Crippen molar-refractivity contribution in [3.63, 3.8) is 0 Å². The number of aryl methyl sites for hydroxylation is 2. The van der Waals surface area contributed by atoms with E-state index in [1.54, 1.807) is 0 Å². The highest BCUT2D eigenvalue weighted by Crippen LogP contribution is 2.26. The minimum absolute atomic E-state index is 0.0544. The third-order valence-electron chi connectivity index (χ3n) is 4.81. The number of carbonyl (C=O) groups is 1. The van der Waals surface area contributed by atoms with Crippen LogP contribution in [-0.2, 0) is 11.3 Å². The van der Waals surface area contributed by atoms with E-state index in [2.05, 4.69) is 29.4 Å². The van der Waals surface area contributed by atoms with Gasteiger partial charge in [0.2, 0.25) is 5.91 Å². The van der Waals surface area contributed by atoms with Gasteiger partial charge in [0.1, 0.15) is 5.75 Å². The summed E-state index contributed by atoms with van der Waals surface area (Å²) in [6, 6.07) is 13.9. The van der Waals surface area contributed by atoms with E-state index in [1.165, 1.54) is 11.8 Å². The Labute approximate surface area is 188 Å². The van der Waals surface area contributed by atoms with E-state index in [-0.39, 0.29) is 11.7 Å². The van der Waals surface area contributed by atoms with E-state index in [1.807, 2.05) is 67.8 Å². The highest BCUT2D eigenvalue weighted by atomic mass is 32.2. The average Bonchev–Trinajstić information content (AvgIpc) is 3.16. The molecule has 7 heteroatoms. The molecule has 0 aliphatic heterocycles. The molecule has 0 saturated carbocycles. The second-order valence-electron chi connectivity index (χ2n) is 7.88. The Kier molecular flexibility index (Phi) is 7.74. The van der Waals surface area contributed by atoms with Gasteiger partial charge in [-0.15, -0.1) is 10.2 Å². The number of anilines is 1. The minimum atomic E-state index is -0.0544. The van der Waals surface area contributed by atoms with Gasteiger partial charge in [-0.2, -0.15) is 0 Å². The summed E-state index contributed by atoms with van der Waals surface area (Å²) in [5.74, 6) is 2.33. The maximum atomic E-state index is 12.5. The van der Waals surface area contributed by atoms with Crippen molar-refractivity contribution >= 4 is 23.4 Å². The van der Waals surface area contributed by atoms with E-state index in [0.717, 1.165) is 45.7 Å². The Balaban J connectivity index is 1.66. The minimum Gasteiger partial charge on any atom is -0.493 e. The van der Waals surface area contributed by atoms with E-state index in [0.29, 0.717) is 12.5 Å². The van der Waals surface area contributed by atoms with Crippen molar-refractivity contribution < 1.29 is 9.53 Å². The Morgan fingerprint density at radius 1 is 1.10 bits per heavy atom. The molecule has 0 aliphatic carbocycles. The first-order valence-corrected chi connectivity index (χ1v) is 11.5. The van der Waals surface area contributed by atoms with E-state index >= 15 is 0 Å². The number of carbonyl (C=O) groups excluding carboxylic acids is 1. The first-order chi connectivity index (χ1) is 14.9. The molecule has 3 aromatic rings. The molecule has 0 saturated heterocycles. The summed E-state index contributed by atoms with van der Waals surface area (Å²) in [6.07, 6.45) is 0. The number of nitrogens with zero attached hydrogens (tertiary/aromatic N) is 3. The Morgan fingerprint density at radius 2 is 1.77 bits per heavy atom. The van der Waals surface area contributed by atoms with E-state index in [4.69, 9.17) is 4.74 Å². The fourth-order valence-electron chi connectivity index (χ4n) is 3.17. The van der Waals surface area contributed by atoms with Gasteiger partial charge in [-0.3, -0.25) is 4.79 Å². The maximum absolute atomic E-state index is 12.5. The van der Waals surface area contributed by atoms with E-state index in [9.17, 15) is 4.79 Å². The molecule has 1 heterocycles. The van der Waals surface area contributed by atoms with Crippen LogP contribution in [0.3, 0.4) is 0 Å². The number of amides is 1. The number of hydrogen-bond acceptors (Lipinski definition) is 5. The van der Waals surface area contributed by atoms with Crippen LogP contribution in [0.5, 0.6) is 5.75 Å². The first-order valence-electron chi connectivity index (χ1n) is 10.5. The van der Waals surface area contributed by atoms with Crippen LogP contribution in [0.15, 0.2) is 47.6 Å². The number of hydrogen-bond donors (Lipinski definition) is 1. The summed E-state index contributed by atoms with van der Waals surface area (Å²) in [4.78, 5) is 12.5. The van der Waals surface area contributed by atoms with Gasteiger partial charge < -0.3 is 14.6 Å². The molecule has 0 unspecified atom stereocenters. The maximum Gasteiger partial charge on any atom is 0.234 e. The zero-order chi connectivity index (χ0) is 22.4. The third kappa shape index (κ3) is 5.88. The summed E-state index contributed by atoms with van der Waals surface area (Å²) in [7, 11) is 0. The lowest BCUT2D eigenvalue weighted by Crippen LogP contribution is -2.16. The predicted octanol–water partition coefficient (Wildman–Crippen LogP) is 5.35. The van der Waals surface area contributed by atoms with Crippen molar-refractivity contribution in [3.05, 3.63) is 53.6 Å². The molecule has 0 fully saturated rings. The van der Waals surface area contributed by atoms with Gasteiger partial charge in [0.05, 0.1) is 12.4 Å². The topological polar surface area (TPSA) is 69.0 Å². The summed E-state index contributed by atoms with van der Waals surface area (Å²) >= 11 is 1.39. The summed E-state index contributed by atoms with van der Waals surface area (Å²) in [6.45, 7) is 11.7. The molecule has 6 nitrogen and oxygen atoms in total. The number of ether oxygens (including phenoxy) is 1. The Hall–Kier alpha value is -2.80. The molecule has 1 N–H and O–H groups in total. The molecule has 0 radical (unpaired) electrons. The van der Waals surface area contributed by atoms with Gasteiger partial charge in [-0.25, -0.2) is 0 Å². The zero-order valence-corrected chi connectivity index (χ0v) is 19.6. The Bertz CT molecular complexity index is 1010. The van der Waals surface area contributed by atoms with Crippen LogP contribution in [0.25, 0.3) is 11.4 Å². The number of thioether (sulfide) groups is 1. The van der Waals surface area contributed by atoms with Crippen LogP contribution in [0, 0.1) is 19.8 Å². The Morgan fingerprint density at radius 3 is 2.39 bits per heavy atom. The molecule has 0 aliphatic rings. The lowest BCUT2D eigenvalue weighted by molar-refractivity contribution is -0.113. The van der Waals surface area contributed by atoms with Crippen molar-refractivity contribution in [2.45, 2.75) is 46.3 Å². The lowest BCUT2D eigenvalue weighted by atomic mass is 10.1. The average molecular weight is 439 g/mol. The van der Waals surface area contributed by atoms with Crippen LogP contribution in [-0.4, -0.2) is 33.0 Å². The van der Waals surface area contributed by atoms with Crippen molar-refractivity contribution in [3.8, 4) is 17.1 Å². The van der Waals surface area contributed by atoms with Gasteiger partial charge in [-0.1, -0.05) is 43.8 Å². The first kappa shape index (κ1) is 22.9. The van der Waals surface area contributed by atoms with Gasteiger partial charge in [0.15, 0.2) is 11.0 Å². The zero-order valence-electron chi connectivity index (χ0n) is 18.8. The number of nitrogens with one attached hydrogen (secondary N) is 1. The summed E-state index contributed by atoms with van der Waals surface area (Å²) in [5.41, 5.74) is 3.96. The van der Waals surface area contributed by atoms with Crippen molar-refractivity contribution in [2.75, 3.05) is 17.7 Å². The summed E-state index contributed by atoms with van der Waals surface area (Å²) in [5, 5.41) is 12.4. The largest absolute Gasteiger partial charge is 0.493 e. The second-order valence-corrected chi connectivity index (χ2v) is 8.83. The van der Waals surface area contributed by atoms with Gasteiger partial charge >= 0.3 is 0 Å². The molecular weight excluding hydrogens is 408 g/mol. The van der Waals surface area contributed by atoms with Crippen LogP contribution < -0.4 is 10.1 Å². The van der Waals surface area contributed by atoms with Crippen molar-refractivity contribution in [1.29, 1.82) is 0 Å². The SMILES string of the molecule is CCn1c(SCC(=O)Nc2c(C)cccc2C)nnc1-c1ccc(OCC(C)C)cc1. The van der Waals surface area contributed by atoms with Gasteiger partial charge in [0, 0.05) is 17.8 Å². The monoisotopic (exact) mass is 438 g/mol. The molecule has 0 spiro atoms. The van der Waals surface area contributed by atoms with Crippen molar-refractivity contribution in [2.24, 2.45) is 5.92 Å². The number of para-hydroxylation sites is 1. The summed E-state index contributed by atoms with van der Waals surface area (Å²) < 4.78 is 7.79. The lowest BCUT2D eigenvalue weighted by Gasteiger charge is -2.12. The van der Waals surface area contributed by atoms with Crippen molar-refractivity contribution in [1.82, 2.24) is 14.8 Å². The fourth-order valence-corrected chi connectivity index (χ4v) is 3.98. The number of benzene rings is 2. The van der Waals surface area contributed by atoms with Gasteiger partial charge in [0.25, 0.3) is 0 Å². The molecule has 3 rings (SSSR count). The number of aromatic nitrogens is 3. The van der Waals surface area contributed by atoms with Crippen LogP contribution >= 0.6 is 11.8 Å². The standard InChI is InChI=1S/C24H30N4O2S/c1-6-28-23(19-10-12-20(13-11-19)30-14-16(2)3)26-27-24(28)31-15-21(29)25-22-17(4)8-7-9-18(22)5/h7-13,16H,6,14-15H2,1-5H3,(H,25,29). The molecule has 0 bridgehead atoms. The highest BCUT2D eigenvalue weighted by molar-refractivity contribution is 7.99. The predicted molar refractivity (Wildman–Crippen MR) is 127 cm³/mol. The fraction of sp³-hybridized carbons (Fsp3) is 0.375. The highest BCUT2D eigenvalue weighted by Gasteiger charge is 2.15. The molecule has 2 aromatic carbocycles. The normalized spacial score (nSPS) is 11.0. The van der Waals surface area contributed by atoms with Crippen LogP contribution in [0.1, 0.15) is 31.9 Å². The quantitative estimate of drug-likeness (QED) is 0.456. The van der Waals surface area contributed by atoms with Crippen LogP contribution in [0.4, 0.5) is 5.69 Å². The molecule has 31 heavy (non-hydrogen) atoms. The van der Waals surface area contributed by atoms with Gasteiger partial charge in [-0.05, 0) is 62.1 Å². The number of rotatable bonds is 9. The van der Waals surface area contributed by atoms with Crippen LogP contribution in [0.2, 0.25) is 0 Å². The second kappa shape index (κ2) is 10.5. The molecule has 0 atom stereocenters. The third-order valence-corrected chi connectivity index (χ3v) is 5.77. The molecule has 1 aromatic heterocycles. The van der Waals surface area contributed by atoms with E-state index < -0.39 is 0 Å². The molecule has 1 amide bonds. The molecular formula is C24H30N4O2S. The molecule has 164 valence electrons.